The molecular weight excluding hydrogens is 508 g/mol. The van der Waals surface area contributed by atoms with Crippen LogP contribution in [0, 0.1) is 22.0 Å². The number of rotatable bonds is 21. The van der Waals surface area contributed by atoms with Gasteiger partial charge in [0.25, 0.3) is 5.09 Å². The molecule has 0 heterocycles. The van der Waals surface area contributed by atoms with Gasteiger partial charge in [0.2, 0.25) is 5.91 Å². The van der Waals surface area contributed by atoms with Crippen LogP contribution in [0.2, 0.25) is 0 Å². The van der Waals surface area contributed by atoms with Crippen LogP contribution < -0.4 is 5.32 Å². The molecule has 1 rings (SSSR count). The zero-order valence-electron chi connectivity index (χ0n) is 23.7. The van der Waals surface area contributed by atoms with Gasteiger partial charge in [-0.05, 0) is 64.2 Å². The van der Waals surface area contributed by atoms with E-state index in [1.54, 1.807) is 0 Å². The van der Waals surface area contributed by atoms with Crippen molar-refractivity contribution in [3.05, 3.63) is 22.3 Å². The van der Waals surface area contributed by atoms with Gasteiger partial charge < -0.3 is 25.1 Å². The lowest BCUT2D eigenvalue weighted by molar-refractivity contribution is -0.759. The molecule has 39 heavy (non-hydrogen) atoms. The van der Waals surface area contributed by atoms with Gasteiger partial charge in [-0.15, -0.1) is 10.1 Å². The van der Waals surface area contributed by atoms with Gasteiger partial charge in [-0.25, -0.2) is 4.79 Å². The van der Waals surface area contributed by atoms with Crippen LogP contribution in [0.4, 0.5) is 0 Å². The van der Waals surface area contributed by atoms with Crippen molar-refractivity contribution in [2.24, 2.45) is 11.8 Å². The average molecular weight is 557 g/mol. The molecule has 1 aliphatic carbocycles. The Morgan fingerprint density at radius 3 is 2.38 bits per heavy atom. The van der Waals surface area contributed by atoms with Gasteiger partial charge in [-0.2, -0.15) is 0 Å². The summed E-state index contributed by atoms with van der Waals surface area (Å²) in [5, 5.41) is 32.6. The molecule has 224 valence electrons. The standard InChI is InChI=1S/C28H48N2O9/c1-4-5-6-7-10-13-22(31)16-17-24-23(25(32)18-26(24)33)14-11-8-9-12-15-27(34)29-21(3)28(35)39-20(2)19-38-30(36)37/h8,11,20-21,23-26,32-33H,4-7,9-10,12-19H2,1-3H3,(H,29,34)/t20?,21?,23-,24-,25+,26-/m1/s1. The average Bonchev–Trinajstić information content (AvgIpc) is 3.14. The SMILES string of the molecule is CCCCCCCC(=O)CC[C@@H]1[C@@H](CC=CCCCC(=O)NC(C)C(=O)OC(C)CO[N+](=O)[O-])[C@@H](O)C[C@H]1O. The predicted octanol–water partition coefficient (Wildman–Crippen LogP) is 3.82. The topological polar surface area (TPSA) is 165 Å². The van der Waals surface area contributed by atoms with Gasteiger partial charge in [-0.3, -0.25) is 9.59 Å². The summed E-state index contributed by atoms with van der Waals surface area (Å²) in [6, 6.07) is -0.897. The van der Waals surface area contributed by atoms with E-state index in [0.29, 0.717) is 44.9 Å². The van der Waals surface area contributed by atoms with E-state index in [-0.39, 0.29) is 36.6 Å². The first-order chi connectivity index (χ1) is 18.5. The summed E-state index contributed by atoms with van der Waals surface area (Å²) in [5.41, 5.74) is 0. The number of ether oxygens (including phenoxy) is 1. The minimum absolute atomic E-state index is 0.0955. The highest BCUT2D eigenvalue weighted by Gasteiger charge is 2.40. The highest BCUT2D eigenvalue weighted by molar-refractivity contribution is 5.84. The summed E-state index contributed by atoms with van der Waals surface area (Å²) < 4.78 is 5.00. The second-order valence-electron chi connectivity index (χ2n) is 10.6. The molecule has 1 fully saturated rings. The van der Waals surface area contributed by atoms with Crippen molar-refractivity contribution in [2.75, 3.05) is 6.61 Å². The number of ketones is 1. The zero-order chi connectivity index (χ0) is 29.2. The Morgan fingerprint density at radius 2 is 1.69 bits per heavy atom. The number of amides is 1. The molecule has 3 N–H and O–H groups in total. The van der Waals surface area contributed by atoms with Crippen molar-refractivity contribution in [3.8, 4) is 0 Å². The Balaban J connectivity index is 2.30. The van der Waals surface area contributed by atoms with Crippen molar-refractivity contribution in [1.82, 2.24) is 5.32 Å². The first-order valence-corrected chi connectivity index (χ1v) is 14.3. The first-order valence-electron chi connectivity index (χ1n) is 14.3. The number of carbonyl (C=O) groups excluding carboxylic acids is 3. The lowest BCUT2D eigenvalue weighted by Gasteiger charge is -2.22. The Hall–Kier alpha value is -2.53. The molecule has 1 aliphatic rings. The van der Waals surface area contributed by atoms with Crippen molar-refractivity contribution < 1.29 is 39.3 Å². The second-order valence-corrected chi connectivity index (χ2v) is 10.6. The smallest absolute Gasteiger partial charge is 0.328 e. The molecule has 0 spiro atoms. The molecule has 1 saturated carbocycles. The van der Waals surface area contributed by atoms with Gasteiger partial charge in [-0.1, -0.05) is 44.8 Å². The highest BCUT2D eigenvalue weighted by Crippen LogP contribution is 2.38. The van der Waals surface area contributed by atoms with Crippen LogP contribution in [-0.4, -0.2) is 63.9 Å². The molecule has 0 aliphatic heterocycles. The third kappa shape index (κ3) is 15.0. The van der Waals surface area contributed by atoms with E-state index in [1.807, 2.05) is 12.2 Å². The number of hydrogen-bond acceptors (Lipinski definition) is 9. The maximum absolute atomic E-state index is 12.3. The van der Waals surface area contributed by atoms with Crippen molar-refractivity contribution >= 4 is 17.7 Å². The van der Waals surface area contributed by atoms with Crippen LogP contribution >= 0.6 is 0 Å². The molecule has 0 aromatic rings. The van der Waals surface area contributed by atoms with E-state index in [1.165, 1.54) is 26.7 Å². The summed E-state index contributed by atoms with van der Waals surface area (Å²) in [6.07, 6.45) is 11.4. The van der Waals surface area contributed by atoms with Crippen LogP contribution in [0.3, 0.4) is 0 Å². The quantitative estimate of drug-likeness (QED) is 0.0626. The van der Waals surface area contributed by atoms with Gasteiger partial charge in [0.15, 0.2) is 0 Å². The van der Waals surface area contributed by atoms with E-state index in [4.69, 9.17) is 4.74 Å². The van der Waals surface area contributed by atoms with Crippen LogP contribution in [0.15, 0.2) is 12.2 Å². The predicted molar refractivity (Wildman–Crippen MR) is 145 cm³/mol. The fourth-order valence-corrected chi connectivity index (χ4v) is 4.91. The molecule has 2 unspecified atom stereocenters. The van der Waals surface area contributed by atoms with Crippen LogP contribution in [0.5, 0.6) is 0 Å². The van der Waals surface area contributed by atoms with E-state index in [9.17, 15) is 34.7 Å². The first kappa shape index (κ1) is 34.5. The molecule has 0 aromatic heterocycles. The number of nitrogens with one attached hydrogen (secondary N) is 1. The van der Waals surface area contributed by atoms with Crippen LogP contribution in [0.1, 0.15) is 104 Å². The number of hydrogen-bond donors (Lipinski definition) is 3. The fraction of sp³-hybridized carbons (Fsp3) is 0.821. The monoisotopic (exact) mass is 556 g/mol. The minimum atomic E-state index is -0.970. The molecule has 0 saturated heterocycles. The van der Waals surface area contributed by atoms with E-state index in [2.05, 4.69) is 17.1 Å². The Morgan fingerprint density at radius 1 is 1.00 bits per heavy atom. The summed E-state index contributed by atoms with van der Waals surface area (Å²) in [7, 11) is 0. The van der Waals surface area contributed by atoms with Crippen molar-refractivity contribution in [2.45, 2.75) is 129 Å². The van der Waals surface area contributed by atoms with Crippen molar-refractivity contribution in [1.29, 1.82) is 0 Å². The van der Waals surface area contributed by atoms with Crippen LogP contribution in [-0.2, 0) is 24.0 Å². The second kappa shape index (κ2) is 19.5. The third-order valence-electron chi connectivity index (χ3n) is 7.15. The lowest BCUT2D eigenvalue weighted by atomic mass is 9.86. The molecule has 11 heteroatoms. The maximum Gasteiger partial charge on any atom is 0.328 e. The molecule has 0 radical (unpaired) electrons. The number of Topliss-reactive ketones (excluding diaryl/α,β-unsaturated/α-hetero) is 1. The van der Waals surface area contributed by atoms with Crippen LogP contribution in [0.25, 0.3) is 0 Å². The minimum Gasteiger partial charge on any atom is -0.459 e. The largest absolute Gasteiger partial charge is 0.459 e. The lowest BCUT2D eigenvalue weighted by Crippen LogP contribution is -2.41. The Labute approximate surface area is 231 Å². The maximum atomic E-state index is 12.3. The number of aliphatic hydroxyl groups is 2. The van der Waals surface area contributed by atoms with Crippen molar-refractivity contribution in [3.63, 3.8) is 0 Å². The van der Waals surface area contributed by atoms with Gasteiger partial charge >= 0.3 is 5.97 Å². The normalized spacial score (nSPS) is 22.4. The fourth-order valence-electron chi connectivity index (χ4n) is 4.91. The van der Waals surface area contributed by atoms with E-state index >= 15 is 0 Å². The molecule has 0 bridgehead atoms. The van der Waals surface area contributed by atoms with Gasteiger partial charge in [0.05, 0.1) is 12.2 Å². The third-order valence-corrected chi connectivity index (χ3v) is 7.15. The molecule has 6 atom stereocenters. The van der Waals surface area contributed by atoms with Gasteiger partial charge in [0.1, 0.15) is 24.5 Å². The Bertz CT molecular complexity index is 789. The molecular formula is C28H48N2O9. The number of carbonyl (C=O) groups is 3. The summed E-state index contributed by atoms with van der Waals surface area (Å²) in [5.74, 6) is -0.986. The zero-order valence-corrected chi connectivity index (χ0v) is 23.7. The summed E-state index contributed by atoms with van der Waals surface area (Å²) in [6.45, 7) is 4.69. The number of allylic oxidation sites excluding steroid dienone is 2. The number of nitrogens with zero attached hydrogens (tertiary/aromatic N) is 1. The number of aliphatic hydroxyl groups excluding tert-OH is 2. The highest BCUT2D eigenvalue weighted by atomic mass is 17.0. The Kier molecular flexibility index (Phi) is 17.3. The number of esters is 1. The molecule has 0 aromatic carbocycles. The number of unbranched alkanes of at least 4 members (excludes halogenated alkanes) is 5. The summed E-state index contributed by atoms with van der Waals surface area (Å²) in [4.78, 5) is 50.7. The van der Waals surface area contributed by atoms with E-state index < -0.39 is 35.4 Å². The van der Waals surface area contributed by atoms with E-state index in [0.717, 1.165) is 19.3 Å². The summed E-state index contributed by atoms with van der Waals surface area (Å²) >= 11 is 0. The molecule has 11 nitrogen and oxygen atoms in total. The van der Waals surface area contributed by atoms with Gasteiger partial charge in [0, 0.05) is 19.3 Å². The molecule has 1 amide bonds.